The van der Waals surface area contributed by atoms with Gasteiger partial charge in [0, 0.05) is 10.2 Å². The molecule has 0 spiro atoms. The van der Waals surface area contributed by atoms with Crippen molar-refractivity contribution in [2.24, 2.45) is 0 Å². The van der Waals surface area contributed by atoms with E-state index in [-0.39, 0.29) is 16.7 Å². The van der Waals surface area contributed by atoms with Crippen LogP contribution in [-0.2, 0) is 10.0 Å². The Hall–Kier alpha value is -1.90. The number of urea groups is 1. The first-order valence-corrected chi connectivity index (χ1v) is 11.6. The molecule has 1 atom stereocenters. The van der Waals surface area contributed by atoms with Gasteiger partial charge in [0.1, 0.15) is 0 Å². The Balaban J connectivity index is 2.35. The lowest BCUT2D eigenvalue weighted by Crippen LogP contribution is -2.35. The van der Waals surface area contributed by atoms with Gasteiger partial charge in [-0.2, -0.15) is 0 Å². The van der Waals surface area contributed by atoms with Crippen molar-refractivity contribution in [2.75, 3.05) is 5.32 Å². The molecule has 6 nitrogen and oxygen atoms in total. The highest BCUT2D eigenvalue weighted by atomic mass is 79.9. The van der Waals surface area contributed by atoms with Crippen molar-refractivity contribution in [1.29, 1.82) is 0 Å². The number of sulfonamides is 1. The number of hydrogen-bond acceptors (Lipinski definition) is 4. The number of carbonyl (C=O) groups excluding carboxylic acids is 1. The number of nitrogens with one attached hydrogen (secondary N) is 2. The maximum atomic E-state index is 12.6. The van der Waals surface area contributed by atoms with Gasteiger partial charge in [-0.15, -0.1) is 0 Å². The molecule has 1 unspecified atom stereocenters. The molecule has 8 heteroatoms. The van der Waals surface area contributed by atoms with E-state index in [2.05, 4.69) is 26.0 Å². The zero-order valence-electron chi connectivity index (χ0n) is 17.2. The number of halogens is 1. The number of benzene rings is 2. The minimum absolute atomic E-state index is 0.0879. The van der Waals surface area contributed by atoms with Crippen LogP contribution < -0.4 is 10.0 Å². The summed E-state index contributed by atoms with van der Waals surface area (Å²) in [5, 5.41) is 12.4. The SMILES string of the molecule is CC(C)c1cc(Br)cc(C(C)C)c1NC(=O)NS(=O)(=O)c1cccc(C(C)O)c1. The maximum Gasteiger partial charge on any atom is 0.333 e. The zero-order valence-corrected chi connectivity index (χ0v) is 19.6. The summed E-state index contributed by atoms with van der Waals surface area (Å²) in [6.07, 6.45) is -0.816. The Kier molecular flexibility index (Phi) is 7.48. The highest BCUT2D eigenvalue weighted by Crippen LogP contribution is 2.35. The third-order valence-corrected chi connectivity index (χ3v) is 6.31. The molecule has 2 amide bonds. The summed E-state index contributed by atoms with van der Waals surface area (Å²) < 4.78 is 28.2. The van der Waals surface area contributed by atoms with Crippen LogP contribution in [0.5, 0.6) is 0 Å². The van der Waals surface area contributed by atoms with E-state index in [0.29, 0.717) is 11.3 Å². The summed E-state index contributed by atoms with van der Waals surface area (Å²) in [6, 6.07) is 8.88. The van der Waals surface area contributed by atoms with Crippen molar-refractivity contribution in [1.82, 2.24) is 4.72 Å². The number of hydrogen-bond donors (Lipinski definition) is 3. The van der Waals surface area contributed by atoms with Crippen molar-refractivity contribution in [3.05, 3.63) is 57.6 Å². The van der Waals surface area contributed by atoms with Crippen molar-refractivity contribution in [2.45, 2.75) is 57.5 Å². The normalized spacial score (nSPS) is 12.9. The molecule has 0 aliphatic rings. The molecule has 0 saturated heterocycles. The molecule has 0 heterocycles. The fourth-order valence-electron chi connectivity index (χ4n) is 2.97. The molecular formula is C21H27BrN2O4S. The van der Waals surface area contributed by atoms with Gasteiger partial charge >= 0.3 is 6.03 Å². The average molecular weight is 483 g/mol. The van der Waals surface area contributed by atoms with Crippen molar-refractivity contribution < 1.29 is 18.3 Å². The second-order valence-corrected chi connectivity index (χ2v) is 10.2. The Morgan fingerprint density at radius 3 is 2.03 bits per heavy atom. The number of rotatable bonds is 6. The van der Waals surface area contributed by atoms with E-state index in [0.717, 1.165) is 15.6 Å². The van der Waals surface area contributed by atoms with Gasteiger partial charge in [0.2, 0.25) is 0 Å². The summed E-state index contributed by atoms with van der Waals surface area (Å²) in [5.41, 5.74) is 2.88. The Morgan fingerprint density at radius 1 is 1.00 bits per heavy atom. The van der Waals surface area contributed by atoms with Crippen LogP contribution in [0.25, 0.3) is 0 Å². The van der Waals surface area contributed by atoms with Crippen LogP contribution in [0.15, 0.2) is 45.8 Å². The molecule has 0 saturated carbocycles. The van der Waals surface area contributed by atoms with Crippen LogP contribution in [0.3, 0.4) is 0 Å². The van der Waals surface area contributed by atoms with Gasteiger partial charge < -0.3 is 10.4 Å². The number of amides is 2. The third kappa shape index (κ3) is 5.81. The van der Waals surface area contributed by atoms with Crippen molar-refractivity contribution in [3.8, 4) is 0 Å². The van der Waals surface area contributed by atoms with E-state index in [1.807, 2.05) is 39.8 Å². The van der Waals surface area contributed by atoms with Crippen LogP contribution in [0.2, 0.25) is 0 Å². The molecular weight excluding hydrogens is 456 g/mol. The Morgan fingerprint density at radius 2 is 1.55 bits per heavy atom. The van der Waals surface area contributed by atoms with Gasteiger partial charge in [-0.1, -0.05) is 55.8 Å². The summed E-state index contributed by atoms with van der Waals surface area (Å²) in [5.74, 6) is 0.249. The highest BCUT2D eigenvalue weighted by Gasteiger charge is 2.22. The van der Waals surface area contributed by atoms with Crippen LogP contribution >= 0.6 is 15.9 Å². The maximum absolute atomic E-state index is 12.6. The number of aliphatic hydroxyl groups excluding tert-OH is 1. The van der Waals surface area contributed by atoms with Crippen molar-refractivity contribution >= 4 is 37.7 Å². The van der Waals surface area contributed by atoms with Crippen LogP contribution in [0, 0.1) is 0 Å². The molecule has 3 N–H and O–H groups in total. The molecule has 158 valence electrons. The van der Waals surface area contributed by atoms with Gasteiger partial charge in [-0.25, -0.2) is 17.9 Å². The summed E-state index contributed by atoms with van der Waals surface area (Å²) in [4.78, 5) is 12.5. The molecule has 29 heavy (non-hydrogen) atoms. The molecule has 2 aromatic rings. The average Bonchev–Trinajstić information content (AvgIpc) is 2.62. The Bertz CT molecular complexity index is 972. The van der Waals surface area contributed by atoms with Crippen LogP contribution in [0.4, 0.5) is 10.5 Å². The lowest BCUT2D eigenvalue weighted by atomic mass is 9.93. The summed E-state index contributed by atoms with van der Waals surface area (Å²) >= 11 is 3.50. The fourth-order valence-corrected chi connectivity index (χ4v) is 4.42. The quantitative estimate of drug-likeness (QED) is 0.522. The molecule has 0 fully saturated rings. The van der Waals surface area contributed by atoms with E-state index in [1.54, 1.807) is 13.0 Å². The van der Waals surface area contributed by atoms with Gasteiger partial charge in [0.05, 0.1) is 11.0 Å². The lowest BCUT2D eigenvalue weighted by Gasteiger charge is -2.21. The standard InChI is InChI=1S/C21H27BrN2O4S/c1-12(2)18-10-16(22)11-19(13(3)4)20(18)23-21(26)24-29(27,28)17-8-6-7-15(9-17)14(5)25/h6-14,25H,1-5H3,(H2,23,24,26). The van der Waals surface area contributed by atoms with Gasteiger partial charge in [0.25, 0.3) is 10.0 Å². The summed E-state index contributed by atoms with van der Waals surface area (Å²) in [7, 11) is -4.09. The van der Waals surface area contributed by atoms with Crippen LogP contribution in [-0.4, -0.2) is 19.6 Å². The first kappa shape index (κ1) is 23.4. The molecule has 0 bridgehead atoms. The lowest BCUT2D eigenvalue weighted by molar-refractivity contribution is 0.199. The predicted molar refractivity (Wildman–Crippen MR) is 119 cm³/mol. The molecule has 2 rings (SSSR count). The van der Waals surface area contributed by atoms with E-state index >= 15 is 0 Å². The number of carbonyl (C=O) groups is 1. The smallest absolute Gasteiger partial charge is 0.333 e. The van der Waals surface area contributed by atoms with Gasteiger partial charge in [0.15, 0.2) is 0 Å². The van der Waals surface area contributed by atoms with E-state index in [1.165, 1.54) is 18.2 Å². The monoisotopic (exact) mass is 482 g/mol. The highest BCUT2D eigenvalue weighted by molar-refractivity contribution is 9.10. The first-order chi connectivity index (χ1) is 13.4. The largest absolute Gasteiger partial charge is 0.389 e. The Labute approximate surface area is 180 Å². The topological polar surface area (TPSA) is 95.5 Å². The summed E-state index contributed by atoms with van der Waals surface area (Å²) in [6.45, 7) is 9.57. The number of anilines is 1. The molecule has 0 radical (unpaired) electrons. The second kappa shape index (κ2) is 9.28. The minimum atomic E-state index is -4.09. The zero-order chi connectivity index (χ0) is 21.9. The third-order valence-electron chi connectivity index (χ3n) is 4.52. The number of aliphatic hydroxyl groups is 1. The van der Waals surface area contributed by atoms with Gasteiger partial charge in [-0.3, -0.25) is 0 Å². The minimum Gasteiger partial charge on any atom is -0.389 e. The van der Waals surface area contributed by atoms with Gasteiger partial charge in [-0.05, 0) is 59.7 Å². The van der Waals surface area contributed by atoms with Crippen molar-refractivity contribution in [3.63, 3.8) is 0 Å². The molecule has 0 aromatic heterocycles. The van der Waals surface area contributed by atoms with Crippen LogP contribution in [0.1, 0.15) is 69.2 Å². The molecule has 0 aliphatic heterocycles. The fraction of sp³-hybridized carbons (Fsp3) is 0.381. The molecule has 2 aromatic carbocycles. The van der Waals surface area contributed by atoms with E-state index in [4.69, 9.17) is 0 Å². The predicted octanol–water partition coefficient (Wildman–Crippen LogP) is 5.26. The van der Waals surface area contributed by atoms with E-state index in [9.17, 15) is 18.3 Å². The molecule has 0 aliphatic carbocycles. The van der Waals surface area contributed by atoms with E-state index < -0.39 is 22.2 Å². The first-order valence-electron chi connectivity index (χ1n) is 9.37. The second-order valence-electron chi connectivity index (χ2n) is 7.58.